The van der Waals surface area contributed by atoms with Crippen LogP contribution in [0, 0.1) is 0 Å². The third kappa shape index (κ3) is 3.08. The van der Waals surface area contributed by atoms with E-state index in [1.165, 1.54) is 36.4 Å². The first-order valence-corrected chi connectivity index (χ1v) is 6.35. The molecule has 0 aromatic heterocycles. The molecule has 0 spiro atoms. The van der Waals surface area contributed by atoms with Crippen molar-refractivity contribution in [3.8, 4) is 0 Å². The van der Waals surface area contributed by atoms with Gasteiger partial charge in [0.2, 0.25) is 0 Å². The molecule has 0 aliphatic heterocycles. The van der Waals surface area contributed by atoms with Crippen molar-refractivity contribution in [2.24, 2.45) is 0 Å². The second-order valence-corrected chi connectivity index (χ2v) is 5.00. The van der Waals surface area contributed by atoms with Crippen LogP contribution in [-0.2, 0) is 6.18 Å². The topological polar surface area (TPSA) is 20.2 Å². The second kappa shape index (κ2) is 5.64. The number of benzene rings is 2. The SMILES string of the molecule is OC(c1cc(Cl)ccc1Cl)c1ccccc1C(F)(F)F. The van der Waals surface area contributed by atoms with E-state index in [4.69, 9.17) is 23.2 Å². The highest BCUT2D eigenvalue weighted by molar-refractivity contribution is 6.33. The number of aliphatic hydroxyl groups is 1. The molecular weight excluding hydrogens is 312 g/mol. The summed E-state index contributed by atoms with van der Waals surface area (Å²) in [6.45, 7) is 0. The van der Waals surface area contributed by atoms with Crippen LogP contribution in [0.1, 0.15) is 22.8 Å². The van der Waals surface area contributed by atoms with Gasteiger partial charge in [0.25, 0.3) is 0 Å². The molecule has 1 nitrogen and oxygen atoms in total. The Labute approximate surface area is 123 Å². The van der Waals surface area contributed by atoms with Crippen LogP contribution in [0.3, 0.4) is 0 Å². The third-order valence-corrected chi connectivity index (χ3v) is 3.39. The first-order chi connectivity index (χ1) is 9.30. The van der Waals surface area contributed by atoms with E-state index in [-0.39, 0.29) is 21.2 Å². The van der Waals surface area contributed by atoms with Crippen molar-refractivity contribution in [3.05, 3.63) is 69.2 Å². The minimum Gasteiger partial charge on any atom is -0.384 e. The fourth-order valence-corrected chi connectivity index (χ4v) is 2.29. The molecule has 0 bridgehead atoms. The monoisotopic (exact) mass is 320 g/mol. The first kappa shape index (κ1) is 15.2. The quantitative estimate of drug-likeness (QED) is 0.816. The molecule has 2 aromatic rings. The molecule has 0 fully saturated rings. The van der Waals surface area contributed by atoms with Gasteiger partial charge in [-0.3, -0.25) is 0 Å². The van der Waals surface area contributed by atoms with Crippen molar-refractivity contribution in [1.29, 1.82) is 0 Å². The van der Waals surface area contributed by atoms with Gasteiger partial charge in [-0.2, -0.15) is 13.2 Å². The fraction of sp³-hybridized carbons (Fsp3) is 0.143. The summed E-state index contributed by atoms with van der Waals surface area (Å²) in [7, 11) is 0. The number of aliphatic hydroxyl groups excluding tert-OH is 1. The van der Waals surface area contributed by atoms with Crippen molar-refractivity contribution in [3.63, 3.8) is 0 Å². The van der Waals surface area contributed by atoms with Gasteiger partial charge in [0.15, 0.2) is 0 Å². The van der Waals surface area contributed by atoms with Gasteiger partial charge in [0.1, 0.15) is 6.10 Å². The Morgan fingerprint density at radius 3 is 2.25 bits per heavy atom. The summed E-state index contributed by atoms with van der Waals surface area (Å²) in [5.41, 5.74) is -1.02. The minimum atomic E-state index is -4.55. The maximum Gasteiger partial charge on any atom is 0.416 e. The molecular formula is C14H9Cl2F3O. The number of alkyl halides is 3. The van der Waals surface area contributed by atoms with Gasteiger partial charge in [0, 0.05) is 15.6 Å². The van der Waals surface area contributed by atoms with Crippen molar-refractivity contribution >= 4 is 23.2 Å². The van der Waals surface area contributed by atoms with Crippen molar-refractivity contribution < 1.29 is 18.3 Å². The Morgan fingerprint density at radius 1 is 0.950 bits per heavy atom. The maximum absolute atomic E-state index is 12.9. The van der Waals surface area contributed by atoms with Crippen LogP contribution in [0.25, 0.3) is 0 Å². The van der Waals surface area contributed by atoms with Gasteiger partial charge in [-0.05, 0) is 29.8 Å². The lowest BCUT2D eigenvalue weighted by atomic mass is 9.96. The van der Waals surface area contributed by atoms with Gasteiger partial charge in [-0.15, -0.1) is 0 Å². The fourth-order valence-electron chi connectivity index (χ4n) is 1.89. The Balaban J connectivity index is 2.54. The normalized spacial score (nSPS) is 13.3. The van der Waals surface area contributed by atoms with Crippen LogP contribution < -0.4 is 0 Å². The van der Waals surface area contributed by atoms with E-state index in [1.807, 2.05) is 0 Å². The molecule has 106 valence electrons. The average Bonchev–Trinajstić information content (AvgIpc) is 2.40. The Bertz CT molecular complexity index is 626. The standard InChI is InChI=1S/C14H9Cl2F3O/c15-8-5-6-12(16)10(7-8)13(20)9-3-1-2-4-11(9)14(17,18)19/h1-7,13,20H. The van der Waals surface area contributed by atoms with Crippen molar-refractivity contribution in [2.75, 3.05) is 0 Å². The lowest BCUT2D eigenvalue weighted by Crippen LogP contribution is -2.12. The first-order valence-electron chi connectivity index (χ1n) is 5.60. The molecule has 0 heterocycles. The van der Waals surface area contributed by atoms with Gasteiger partial charge >= 0.3 is 6.18 Å². The van der Waals surface area contributed by atoms with Gasteiger partial charge in [-0.25, -0.2) is 0 Å². The highest BCUT2D eigenvalue weighted by Gasteiger charge is 2.35. The smallest absolute Gasteiger partial charge is 0.384 e. The molecule has 1 atom stereocenters. The van der Waals surface area contributed by atoms with E-state index >= 15 is 0 Å². The van der Waals surface area contributed by atoms with Crippen molar-refractivity contribution in [2.45, 2.75) is 12.3 Å². The van der Waals surface area contributed by atoms with Crippen LogP contribution in [0.15, 0.2) is 42.5 Å². The van der Waals surface area contributed by atoms with Gasteiger partial charge in [-0.1, -0.05) is 41.4 Å². The minimum absolute atomic E-state index is 0.135. The summed E-state index contributed by atoms with van der Waals surface area (Å²) >= 11 is 11.7. The number of halogens is 5. The van der Waals surface area contributed by atoms with E-state index in [2.05, 4.69) is 0 Å². The lowest BCUT2D eigenvalue weighted by Gasteiger charge is -2.18. The van der Waals surface area contributed by atoms with Crippen LogP contribution >= 0.6 is 23.2 Å². The summed E-state index contributed by atoms with van der Waals surface area (Å²) in [4.78, 5) is 0. The van der Waals surface area contributed by atoms with Gasteiger partial charge in [0.05, 0.1) is 5.56 Å². The summed E-state index contributed by atoms with van der Waals surface area (Å²) in [6.07, 6.45) is -6.05. The van der Waals surface area contributed by atoms with Gasteiger partial charge < -0.3 is 5.11 Å². The molecule has 1 N–H and O–H groups in total. The molecule has 2 rings (SSSR count). The van der Waals surface area contributed by atoms with E-state index in [0.29, 0.717) is 0 Å². The van der Waals surface area contributed by atoms with E-state index < -0.39 is 17.8 Å². The highest BCUT2D eigenvalue weighted by atomic mass is 35.5. The Hall–Kier alpha value is -1.23. The largest absolute Gasteiger partial charge is 0.416 e. The maximum atomic E-state index is 12.9. The Kier molecular flexibility index (Phi) is 4.28. The highest BCUT2D eigenvalue weighted by Crippen LogP contribution is 2.38. The van der Waals surface area contributed by atoms with Crippen LogP contribution in [0.5, 0.6) is 0 Å². The molecule has 0 aliphatic carbocycles. The summed E-state index contributed by atoms with van der Waals surface area (Å²) in [5.74, 6) is 0. The number of hydrogen-bond donors (Lipinski definition) is 1. The summed E-state index contributed by atoms with van der Waals surface area (Å²) in [5, 5.41) is 10.6. The molecule has 1 unspecified atom stereocenters. The molecule has 0 radical (unpaired) electrons. The molecule has 0 saturated carbocycles. The lowest BCUT2D eigenvalue weighted by molar-refractivity contribution is -0.139. The molecule has 0 amide bonds. The molecule has 0 saturated heterocycles. The number of hydrogen-bond acceptors (Lipinski definition) is 1. The molecule has 0 aliphatic rings. The van der Waals surface area contributed by atoms with Crippen LogP contribution in [0.2, 0.25) is 10.0 Å². The molecule has 2 aromatic carbocycles. The van der Waals surface area contributed by atoms with E-state index in [1.54, 1.807) is 0 Å². The van der Waals surface area contributed by atoms with E-state index in [0.717, 1.165) is 6.07 Å². The van der Waals surface area contributed by atoms with Crippen LogP contribution in [0.4, 0.5) is 13.2 Å². The van der Waals surface area contributed by atoms with Crippen molar-refractivity contribution in [1.82, 2.24) is 0 Å². The predicted octanol–water partition coefficient (Wildman–Crippen LogP) is 5.09. The zero-order valence-electron chi connectivity index (χ0n) is 9.96. The van der Waals surface area contributed by atoms with Crippen LogP contribution in [-0.4, -0.2) is 5.11 Å². The number of rotatable bonds is 2. The molecule has 20 heavy (non-hydrogen) atoms. The van der Waals surface area contributed by atoms with E-state index in [9.17, 15) is 18.3 Å². The summed E-state index contributed by atoms with van der Waals surface area (Å²) < 4.78 is 38.8. The molecule has 6 heteroatoms. The second-order valence-electron chi connectivity index (χ2n) is 4.15. The predicted molar refractivity (Wildman–Crippen MR) is 72.0 cm³/mol. The average molecular weight is 321 g/mol. The zero-order valence-corrected chi connectivity index (χ0v) is 11.5. The Morgan fingerprint density at radius 2 is 1.60 bits per heavy atom. The summed E-state index contributed by atoms with van der Waals surface area (Å²) in [6, 6.07) is 9.09. The zero-order chi connectivity index (χ0) is 14.9. The third-order valence-electron chi connectivity index (χ3n) is 2.81.